The van der Waals surface area contributed by atoms with Crippen LogP contribution in [0.2, 0.25) is 0 Å². The number of carbonyl (C=O) groups excluding carboxylic acids is 1. The number of carbonyl (C=O) groups is 1. The summed E-state index contributed by atoms with van der Waals surface area (Å²) in [5, 5.41) is 8.89. The van der Waals surface area contributed by atoms with E-state index in [9.17, 15) is 9.59 Å². The lowest BCUT2D eigenvalue weighted by atomic mass is 10.1. The Balaban J connectivity index is 2.27. The minimum atomic E-state index is -0.443. The van der Waals surface area contributed by atoms with Crippen molar-refractivity contribution in [3.63, 3.8) is 0 Å². The number of hydrogen-bond donors (Lipinski definition) is 1. The molecule has 0 bridgehead atoms. The highest BCUT2D eigenvalue weighted by atomic mass is 16.2. The summed E-state index contributed by atoms with van der Waals surface area (Å²) in [5.41, 5.74) is 1.30. The van der Waals surface area contributed by atoms with E-state index in [1.165, 1.54) is 17.2 Å². The first-order valence-electron chi connectivity index (χ1n) is 6.51. The van der Waals surface area contributed by atoms with Gasteiger partial charge in [0.1, 0.15) is 12.1 Å². The van der Waals surface area contributed by atoms with Gasteiger partial charge in [0.25, 0.3) is 5.91 Å². The number of pyridine rings is 1. The Labute approximate surface area is 122 Å². The molecular formula is C16H15N3O2. The molecule has 1 aromatic carbocycles. The molecule has 1 heterocycles. The molecule has 1 aromatic heterocycles. The second-order valence-corrected chi connectivity index (χ2v) is 4.70. The lowest BCUT2D eigenvalue weighted by Gasteiger charge is -2.19. The third-order valence-electron chi connectivity index (χ3n) is 3.05. The number of amides is 1. The number of rotatable bonds is 4. The summed E-state index contributed by atoms with van der Waals surface area (Å²) in [5.74, 6) is -0.443. The zero-order valence-electron chi connectivity index (χ0n) is 11.7. The van der Waals surface area contributed by atoms with Gasteiger partial charge in [0.05, 0.1) is 6.07 Å². The van der Waals surface area contributed by atoms with Crippen molar-refractivity contribution in [3.05, 3.63) is 69.6 Å². The molecule has 0 atom stereocenters. The van der Waals surface area contributed by atoms with E-state index in [1.807, 2.05) is 36.4 Å². The first kappa shape index (κ1) is 14.5. The Morgan fingerprint density at radius 3 is 2.67 bits per heavy atom. The van der Waals surface area contributed by atoms with Crippen molar-refractivity contribution in [2.24, 2.45) is 0 Å². The van der Waals surface area contributed by atoms with E-state index in [1.54, 1.807) is 6.92 Å². The highest BCUT2D eigenvalue weighted by Gasteiger charge is 2.18. The molecule has 2 rings (SSSR count). The molecule has 5 nitrogen and oxygen atoms in total. The molecule has 0 fully saturated rings. The van der Waals surface area contributed by atoms with Crippen molar-refractivity contribution < 1.29 is 4.79 Å². The van der Waals surface area contributed by atoms with Gasteiger partial charge in [-0.25, -0.2) is 0 Å². The van der Waals surface area contributed by atoms with E-state index >= 15 is 0 Å². The Morgan fingerprint density at radius 2 is 2.05 bits per heavy atom. The molecule has 106 valence electrons. The van der Waals surface area contributed by atoms with Crippen LogP contribution < -0.4 is 5.43 Å². The van der Waals surface area contributed by atoms with Gasteiger partial charge in [-0.3, -0.25) is 9.59 Å². The molecule has 1 amide bonds. The second kappa shape index (κ2) is 6.53. The highest BCUT2D eigenvalue weighted by Crippen LogP contribution is 2.07. The van der Waals surface area contributed by atoms with Crippen LogP contribution in [0.1, 0.15) is 21.6 Å². The van der Waals surface area contributed by atoms with Crippen LogP contribution in [0.15, 0.2) is 47.4 Å². The van der Waals surface area contributed by atoms with Crippen LogP contribution in [0.25, 0.3) is 0 Å². The molecule has 21 heavy (non-hydrogen) atoms. The van der Waals surface area contributed by atoms with Crippen LogP contribution in [0.3, 0.4) is 0 Å². The van der Waals surface area contributed by atoms with Gasteiger partial charge in [-0.05, 0) is 12.5 Å². The van der Waals surface area contributed by atoms with Crippen LogP contribution in [-0.4, -0.2) is 22.3 Å². The molecule has 0 aliphatic rings. The summed E-state index contributed by atoms with van der Waals surface area (Å²) >= 11 is 0. The summed E-state index contributed by atoms with van der Waals surface area (Å²) in [6.45, 7) is 1.97. The SMILES string of the molecule is Cc1cc(=O)c(C(=O)N(CC#N)Cc2ccccc2)c[nH]1. The molecule has 0 saturated heterocycles. The number of hydrogen-bond acceptors (Lipinski definition) is 3. The van der Waals surface area contributed by atoms with Crippen molar-refractivity contribution in [1.82, 2.24) is 9.88 Å². The topological polar surface area (TPSA) is 77.0 Å². The maximum atomic E-state index is 12.4. The summed E-state index contributed by atoms with van der Waals surface area (Å²) < 4.78 is 0. The molecule has 0 radical (unpaired) electrons. The lowest BCUT2D eigenvalue weighted by molar-refractivity contribution is 0.0763. The van der Waals surface area contributed by atoms with Gasteiger partial charge in [0.2, 0.25) is 0 Å². The van der Waals surface area contributed by atoms with Crippen molar-refractivity contribution in [2.45, 2.75) is 13.5 Å². The van der Waals surface area contributed by atoms with Gasteiger partial charge >= 0.3 is 0 Å². The first-order valence-corrected chi connectivity index (χ1v) is 6.51. The van der Waals surface area contributed by atoms with Gasteiger partial charge in [-0.2, -0.15) is 5.26 Å². The molecule has 0 aliphatic heterocycles. The van der Waals surface area contributed by atoms with Crippen LogP contribution in [0, 0.1) is 18.3 Å². The molecule has 0 aliphatic carbocycles. The van der Waals surface area contributed by atoms with E-state index in [-0.39, 0.29) is 17.5 Å². The molecule has 0 unspecified atom stereocenters. The minimum Gasteiger partial charge on any atom is -0.364 e. The fraction of sp³-hybridized carbons (Fsp3) is 0.188. The first-order chi connectivity index (χ1) is 10.1. The van der Waals surface area contributed by atoms with Gasteiger partial charge in [0, 0.05) is 24.5 Å². The van der Waals surface area contributed by atoms with E-state index in [4.69, 9.17) is 5.26 Å². The van der Waals surface area contributed by atoms with Crippen LogP contribution in [-0.2, 0) is 6.54 Å². The largest absolute Gasteiger partial charge is 0.364 e. The average Bonchev–Trinajstić information content (AvgIpc) is 2.47. The number of benzene rings is 1. The molecule has 0 spiro atoms. The quantitative estimate of drug-likeness (QED) is 0.869. The number of aryl methyl sites for hydroxylation is 1. The molecule has 0 saturated carbocycles. The Hall–Kier alpha value is -2.87. The monoisotopic (exact) mass is 281 g/mol. The van der Waals surface area contributed by atoms with E-state index in [2.05, 4.69) is 4.98 Å². The Morgan fingerprint density at radius 1 is 1.33 bits per heavy atom. The molecule has 5 heteroatoms. The number of nitrogens with one attached hydrogen (secondary N) is 1. The van der Waals surface area contributed by atoms with Crippen LogP contribution >= 0.6 is 0 Å². The van der Waals surface area contributed by atoms with E-state index < -0.39 is 5.91 Å². The fourth-order valence-electron chi connectivity index (χ4n) is 2.00. The van der Waals surface area contributed by atoms with Crippen molar-refractivity contribution >= 4 is 5.91 Å². The van der Waals surface area contributed by atoms with Crippen LogP contribution in [0.5, 0.6) is 0 Å². The summed E-state index contributed by atoms with van der Waals surface area (Å²) in [6, 6.07) is 12.7. The van der Waals surface area contributed by atoms with Crippen molar-refractivity contribution in [2.75, 3.05) is 6.54 Å². The third-order valence-corrected chi connectivity index (χ3v) is 3.05. The van der Waals surface area contributed by atoms with Gasteiger partial charge in [0.15, 0.2) is 5.43 Å². The Kier molecular flexibility index (Phi) is 4.52. The number of H-pyrrole nitrogens is 1. The summed E-state index contributed by atoms with van der Waals surface area (Å²) in [4.78, 5) is 28.5. The predicted octanol–water partition coefficient (Wildman–Crippen LogP) is 1.85. The fourth-order valence-corrected chi connectivity index (χ4v) is 2.00. The zero-order chi connectivity index (χ0) is 15.2. The van der Waals surface area contributed by atoms with E-state index in [0.29, 0.717) is 12.2 Å². The lowest BCUT2D eigenvalue weighted by Crippen LogP contribution is -2.34. The van der Waals surface area contributed by atoms with Gasteiger partial charge in [-0.15, -0.1) is 0 Å². The average molecular weight is 281 g/mol. The van der Waals surface area contributed by atoms with Gasteiger partial charge < -0.3 is 9.88 Å². The summed E-state index contributed by atoms with van der Waals surface area (Å²) in [6.07, 6.45) is 1.40. The maximum absolute atomic E-state index is 12.4. The predicted molar refractivity (Wildman–Crippen MR) is 78.6 cm³/mol. The normalized spacial score (nSPS) is 9.90. The van der Waals surface area contributed by atoms with Crippen molar-refractivity contribution in [1.29, 1.82) is 5.26 Å². The molecule has 1 N–H and O–H groups in total. The number of aromatic nitrogens is 1. The molecule has 2 aromatic rings. The number of nitrogens with zero attached hydrogens (tertiary/aromatic N) is 2. The van der Waals surface area contributed by atoms with E-state index in [0.717, 1.165) is 5.56 Å². The third kappa shape index (κ3) is 3.57. The smallest absolute Gasteiger partial charge is 0.260 e. The van der Waals surface area contributed by atoms with Crippen LogP contribution in [0.4, 0.5) is 0 Å². The number of aromatic amines is 1. The van der Waals surface area contributed by atoms with Gasteiger partial charge in [-0.1, -0.05) is 30.3 Å². The van der Waals surface area contributed by atoms with Crippen molar-refractivity contribution in [3.8, 4) is 6.07 Å². The Bertz CT molecular complexity index is 729. The number of nitriles is 1. The maximum Gasteiger partial charge on any atom is 0.260 e. The molecular weight excluding hydrogens is 266 g/mol. The minimum absolute atomic E-state index is 0.0479. The standard InChI is InChI=1S/C16H15N3O2/c1-12-9-15(20)14(10-18-12)16(21)19(8-7-17)11-13-5-3-2-4-6-13/h2-6,9-10H,8,11H2,1H3,(H,18,20). The second-order valence-electron chi connectivity index (χ2n) is 4.70. The highest BCUT2D eigenvalue weighted by molar-refractivity contribution is 5.94. The summed E-state index contributed by atoms with van der Waals surface area (Å²) in [7, 11) is 0. The zero-order valence-corrected chi connectivity index (χ0v) is 11.7.